The lowest BCUT2D eigenvalue weighted by Crippen LogP contribution is -2.37. The number of nitrogens with one attached hydrogen (secondary N) is 1. The first-order valence-corrected chi connectivity index (χ1v) is 5.74. The Labute approximate surface area is 109 Å². The predicted molar refractivity (Wildman–Crippen MR) is 66.1 cm³/mol. The van der Waals surface area contributed by atoms with E-state index < -0.39 is 17.6 Å². The van der Waals surface area contributed by atoms with Crippen LogP contribution in [-0.4, -0.2) is 17.0 Å². The van der Waals surface area contributed by atoms with Crippen molar-refractivity contribution >= 4 is 12.0 Å². The Morgan fingerprint density at radius 1 is 0.947 bits per heavy atom. The minimum absolute atomic E-state index is 0.491. The lowest BCUT2D eigenvalue weighted by molar-refractivity contribution is -0.128. The molecule has 2 amide bonds. The Morgan fingerprint density at radius 2 is 1.58 bits per heavy atom. The van der Waals surface area contributed by atoms with Crippen LogP contribution >= 0.6 is 0 Å². The molecule has 5 nitrogen and oxygen atoms in total. The van der Waals surface area contributed by atoms with Crippen LogP contribution in [0.25, 0.3) is 0 Å². The van der Waals surface area contributed by atoms with Gasteiger partial charge in [-0.3, -0.25) is 15.1 Å². The fraction of sp³-hybridized carbons (Fsp3) is 0.0714. The van der Waals surface area contributed by atoms with Gasteiger partial charge in [-0.05, 0) is 12.1 Å². The highest BCUT2D eigenvalue weighted by Gasteiger charge is 2.51. The van der Waals surface area contributed by atoms with Gasteiger partial charge in [-0.25, -0.2) is 4.79 Å². The Bertz CT molecular complexity index is 586. The minimum Gasteiger partial charge on any atom is -0.422 e. The van der Waals surface area contributed by atoms with E-state index in [0.29, 0.717) is 11.1 Å². The van der Waals surface area contributed by atoms with Crippen LogP contribution in [0.1, 0.15) is 11.1 Å². The molecule has 1 unspecified atom stereocenters. The molecule has 0 spiro atoms. The number of alkyl carbamates (subject to hydrolysis) is 1. The Balaban J connectivity index is 2.23. The first-order chi connectivity index (χ1) is 9.23. The maximum Gasteiger partial charge on any atom is 0.415 e. The summed E-state index contributed by atoms with van der Waals surface area (Å²) in [6.45, 7) is 0. The topological polar surface area (TPSA) is 68.3 Å². The summed E-state index contributed by atoms with van der Waals surface area (Å²) < 4.78 is 5.31. The van der Waals surface area contributed by atoms with Gasteiger partial charge in [-0.15, -0.1) is 0 Å². The lowest BCUT2D eigenvalue weighted by Gasteiger charge is -2.25. The molecule has 1 atom stereocenters. The van der Waals surface area contributed by atoms with Crippen molar-refractivity contribution in [1.82, 2.24) is 10.3 Å². The van der Waals surface area contributed by atoms with Gasteiger partial charge >= 0.3 is 6.09 Å². The number of aromatic nitrogens is 1. The molecule has 1 fully saturated rings. The molecular weight excluding hydrogens is 244 g/mol. The number of imide groups is 1. The largest absolute Gasteiger partial charge is 0.422 e. The first kappa shape index (κ1) is 11.4. The van der Waals surface area contributed by atoms with E-state index in [1.54, 1.807) is 48.8 Å². The fourth-order valence-corrected chi connectivity index (χ4v) is 2.20. The van der Waals surface area contributed by atoms with Crippen LogP contribution in [0.3, 0.4) is 0 Å². The molecule has 3 rings (SSSR count). The van der Waals surface area contributed by atoms with Gasteiger partial charge in [0, 0.05) is 23.5 Å². The van der Waals surface area contributed by atoms with E-state index in [1.807, 2.05) is 6.07 Å². The zero-order valence-electron chi connectivity index (χ0n) is 9.87. The maximum atomic E-state index is 12.2. The van der Waals surface area contributed by atoms with Gasteiger partial charge in [0.15, 0.2) is 0 Å². The molecule has 0 bridgehead atoms. The quantitative estimate of drug-likeness (QED) is 0.883. The van der Waals surface area contributed by atoms with Crippen LogP contribution in [0.5, 0.6) is 0 Å². The molecule has 19 heavy (non-hydrogen) atoms. The third kappa shape index (κ3) is 1.67. The van der Waals surface area contributed by atoms with Crippen molar-refractivity contribution < 1.29 is 14.3 Å². The first-order valence-electron chi connectivity index (χ1n) is 5.74. The Hall–Kier alpha value is -2.69. The van der Waals surface area contributed by atoms with Crippen molar-refractivity contribution in [1.29, 1.82) is 0 Å². The van der Waals surface area contributed by atoms with Crippen molar-refractivity contribution in [2.45, 2.75) is 5.60 Å². The highest BCUT2D eigenvalue weighted by molar-refractivity contribution is 6.05. The van der Waals surface area contributed by atoms with E-state index >= 15 is 0 Å². The average Bonchev–Trinajstić information content (AvgIpc) is 2.76. The van der Waals surface area contributed by atoms with E-state index in [2.05, 4.69) is 10.3 Å². The smallest absolute Gasteiger partial charge is 0.415 e. The SMILES string of the molecule is O=C1NC(=O)C(c2ccccc2)(c2ccncc2)O1. The fourth-order valence-electron chi connectivity index (χ4n) is 2.20. The number of rotatable bonds is 2. The van der Waals surface area contributed by atoms with Crippen molar-refractivity contribution in [2.24, 2.45) is 0 Å². The second kappa shape index (κ2) is 4.20. The number of hydrogen-bond acceptors (Lipinski definition) is 4. The van der Waals surface area contributed by atoms with Crippen molar-refractivity contribution in [3.05, 3.63) is 66.0 Å². The monoisotopic (exact) mass is 254 g/mol. The normalized spacial score (nSPS) is 21.9. The number of pyridine rings is 1. The third-order valence-electron chi connectivity index (χ3n) is 3.05. The molecular formula is C14H10N2O3. The van der Waals surface area contributed by atoms with Crippen LogP contribution in [0, 0.1) is 0 Å². The van der Waals surface area contributed by atoms with Gasteiger partial charge in [-0.2, -0.15) is 0 Å². The van der Waals surface area contributed by atoms with E-state index in [1.165, 1.54) is 0 Å². The Kier molecular flexibility index (Phi) is 2.52. The summed E-state index contributed by atoms with van der Waals surface area (Å²) >= 11 is 0. The van der Waals surface area contributed by atoms with Gasteiger partial charge in [0.2, 0.25) is 5.60 Å². The number of ether oxygens (including phenoxy) is 1. The second-order valence-electron chi connectivity index (χ2n) is 4.13. The van der Waals surface area contributed by atoms with Gasteiger partial charge in [0.25, 0.3) is 5.91 Å². The summed E-state index contributed by atoms with van der Waals surface area (Å²) in [6, 6.07) is 12.2. The zero-order valence-corrected chi connectivity index (χ0v) is 9.87. The van der Waals surface area contributed by atoms with Gasteiger partial charge in [0.05, 0.1) is 0 Å². The number of benzene rings is 1. The summed E-state index contributed by atoms with van der Waals surface area (Å²) in [6.07, 6.45) is 2.37. The van der Waals surface area contributed by atoms with Crippen LogP contribution in [-0.2, 0) is 15.1 Å². The molecule has 0 aliphatic carbocycles. The molecule has 0 saturated carbocycles. The highest BCUT2D eigenvalue weighted by Crippen LogP contribution is 2.36. The maximum absolute atomic E-state index is 12.2. The summed E-state index contributed by atoms with van der Waals surface area (Å²) in [4.78, 5) is 27.6. The summed E-state index contributed by atoms with van der Waals surface area (Å²) in [5.41, 5.74) is -0.261. The van der Waals surface area contributed by atoms with Crippen LogP contribution in [0.15, 0.2) is 54.9 Å². The van der Waals surface area contributed by atoms with Gasteiger partial charge < -0.3 is 4.74 Å². The van der Waals surface area contributed by atoms with Gasteiger partial charge in [-0.1, -0.05) is 30.3 Å². The van der Waals surface area contributed by atoms with E-state index in [9.17, 15) is 9.59 Å². The number of hydrogen-bond donors (Lipinski definition) is 1. The molecule has 1 aliphatic rings. The second-order valence-corrected chi connectivity index (χ2v) is 4.13. The average molecular weight is 254 g/mol. The summed E-state index contributed by atoms with van der Waals surface area (Å²) in [5, 5.41) is 2.18. The lowest BCUT2D eigenvalue weighted by atomic mass is 9.86. The van der Waals surface area contributed by atoms with Crippen LogP contribution in [0.2, 0.25) is 0 Å². The molecule has 1 N–H and O–H groups in total. The van der Waals surface area contributed by atoms with Crippen molar-refractivity contribution in [2.75, 3.05) is 0 Å². The van der Waals surface area contributed by atoms with E-state index in [0.717, 1.165) is 0 Å². The molecule has 1 aromatic heterocycles. The number of nitrogens with zero attached hydrogens (tertiary/aromatic N) is 1. The van der Waals surface area contributed by atoms with Crippen LogP contribution < -0.4 is 5.32 Å². The van der Waals surface area contributed by atoms with Crippen molar-refractivity contribution in [3.8, 4) is 0 Å². The molecule has 5 heteroatoms. The third-order valence-corrected chi connectivity index (χ3v) is 3.05. The minimum atomic E-state index is -1.43. The Morgan fingerprint density at radius 3 is 2.16 bits per heavy atom. The standard InChI is InChI=1S/C14H10N2O3/c17-12-14(19-13(18)16-12,10-4-2-1-3-5-10)11-6-8-15-9-7-11/h1-9H,(H,16,17,18). The summed E-state index contributed by atoms with van der Waals surface area (Å²) in [7, 11) is 0. The number of amides is 2. The molecule has 1 aromatic carbocycles. The number of cyclic esters (lactones) is 1. The van der Waals surface area contributed by atoms with Crippen LogP contribution in [0.4, 0.5) is 4.79 Å². The molecule has 1 aliphatic heterocycles. The molecule has 2 aromatic rings. The highest BCUT2D eigenvalue weighted by atomic mass is 16.6. The van der Waals surface area contributed by atoms with E-state index in [4.69, 9.17) is 4.74 Å². The van der Waals surface area contributed by atoms with E-state index in [-0.39, 0.29) is 0 Å². The zero-order chi connectivity index (χ0) is 13.3. The number of carbonyl (C=O) groups is 2. The summed E-state index contributed by atoms with van der Waals surface area (Å²) in [5.74, 6) is -0.491. The molecule has 94 valence electrons. The molecule has 0 radical (unpaired) electrons. The molecule has 1 saturated heterocycles. The van der Waals surface area contributed by atoms with Crippen molar-refractivity contribution in [3.63, 3.8) is 0 Å². The predicted octanol–water partition coefficient (Wildman–Crippen LogP) is 1.59. The molecule has 2 heterocycles. The van der Waals surface area contributed by atoms with Gasteiger partial charge in [0.1, 0.15) is 0 Å². The number of carbonyl (C=O) groups excluding carboxylic acids is 2.